The zero-order valence-corrected chi connectivity index (χ0v) is 29.4. The van der Waals surface area contributed by atoms with E-state index in [1.165, 1.54) is 26.8 Å². The zero-order chi connectivity index (χ0) is 38.8. The molecule has 8 N–H and O–H groups in total. The molecule has 9 rings (SSSR count). The van der Waals surface area contributed by atoms with Crippen LogP contribution >= 0.6 is 0 Å². The molecule has 20 heteroatoms. The normalized spacial score (nSPS) is 39.4. The van der Waals surface area contributed by atoms with Crippen LogP contribution in [-0.2, 0) is 49.6 Å². The van der Waals surface area contributed by atoms with Crippen molar-refractivity contribution in [1.29, 1.82) is 0 Å². The van der Waals surface area contributed by atoms with Gasteiger partial charge in [-0.2, -0.15) is 0 Å². The van der Waals surface area contributed by atoms with Crippen LogP contribution in [-0.4, -0.2) is 157 Å². The fourth-order valence-corrected chi connectivity index (χ4v) is 10.1. The summed E-state index contributed by atoms with van der Waals surface area (Å²) < 4.78 is 0. The number of phenolic OH excluding ortho intramolecular Hbond substituents is 1. The number of hydrogen-bond acceptors (Lipinski definition) is 11. The van der Waals surface area contributed by atoms with Crippen LogP contribution in [0.25, 0.3) is 0 Å². The molecule has 4 spiro atoms. The van der Waals surface area contributed by atoms with Crippen LogP contribution in [0.15, 0.2) is 24.3 Å². The van der Waals surface area contributed by atoms with E-state index in [1.807, 2.05) is 0 Å². The van der Waals surface area contributed by atoms with Gasteiger partial charge in [-0.25, -0.2) is 0 Å². The lowest BCUT2D eigenvalue weighted by molar-refractivity contribution is -0.167. The first-order valence-corrected chi connectivity index (χ1v) is 18.3. The molecular weight excluding hydrogens is 722 g/mol. The van der Waals surface area contributed by atoms with Gasteiger partial charge < -0.3 is 56.8 Å². The van der Waals surface area contributed by atoms with Crippen molar-refractivity contribution in [3.05, 3.63) is 29.8 Å². The Kier molecular flexibility index (Phi) is 7.38. The molecule has 8 fully saturated rings. The minimum Gasteiger partial charge on any atom is -0.508 e. The highest BCUT2D eigenvalue weighted by Crippen LogP contribution is 2.43. The van der Waals surface area contributed by atoms with E-state index in [9.17, 15) is 53.4 Å². The Balaban J connectivity index is 0.934. The molecule has 290 valence electrons. The summed E-state index contributed by atoms with van der Waals surface area (Å²) in [6.07, 6.45) is -0.147. The van der Waals surface area contributed by atoms with E-state index >= 15 is 0 Å². The largest absolute Gasteiger partial charge is 0.508 e. The summed E-state index contributed by atoms with van der Waals surface area (Å²) in [7, 11) is 0. The molecule has 0 radical (unpaired) electrons. The zero-order valence-electron chi connectivity index (χ0n) is 29.4. The Morgan fingerprint density at radius 1 is 0.655 bits per heavy atom. The van der Waals surface area contributed by atoms with Gasteiger partial charge in [-0.3, -0.25) is 43.2 Å². The fourth-order valence-electron chi connectivity index (χ4n) is 10.1. The van der Waals surface area contributed by atoms with Gasteiger partial charge in [0.05, 0.1) is 19.6 Å². The van der Waals surface area contributed by atoms with Crippen LogP contribution in [0.2, 0.25) is 0 Å². The predicted octanol–water partition coefficient (Wildman–Crippen LogP) is -5.08. The van der Waals surface area contributed by atoms with E-state index in [0.717, 1.165) is 0 Å². The molecule has 8 saturated heterocycles. The molecule has 0 bridgehead atoms. The molecule has 9 atom stereocenters. The van der Waals surface area contributed by atoms with Crippen molar-refractivity contribution in [2.75, 3.05) is 26.2 Å². The summed E-state index contributed by atoms with van der Waals surface area (Å²) in [5.41, 5.74) is -5.75. The van der Waals surface area contributed by atoms with Crippen molar-refractivity contribution in [3.63, 3.8) is 0 Å². The Morgan fingerprint density at radius 2 is 1.16 bits per heavy atom. The van der Waals surface area contributed by atoms with E-state index < -0.39 is 106 Å². The number of aromatic hydroxyl groups is 1. The summed E-state index contributed by atoms with van der Waals surface area (Å²) in [4.78, 5) is 126. The van der Waals surface area contributed by atoms with Gasteiger partial charge in [-0.15, -0.1) is 0 Å². The third-order valence-corrected chi connectivity index (χ3v) is 13.0. The molecule has 8 aliphatic heterocycles. The van der Waals surface area contributed by atoms with Crippen molar-refractivity contribution in [1.82, 2.24) is 46.6 Å². The first kappa shape index (κ1) is 34.9. The van der Waals surface area contributed by atoms with Crippen LogP contribution < -0.4 is 31.9 Å². The lowest BCUT2D eigenvalue weighted by Crippen LogP contribution is -2.80. The lowest BCUT2D eigenvalue weighted by Gasteiger charge is -2.53. The molecule has 8 heterocycles. The number of nitrogens with zero attached hydrogens (tertiary/aromatic N) is 3. The smallest absolute Gasteiger partial charge is 0.320 e. The van der Waals surface area contributed by atoms with Gasteiger partial charge in [0.25, 0.3) is 17.7 Å². The number of aliphatic carboxylic acids is 1. The number of nitrogens with one attached hydrogen (secondary N) is 6. The summed E-state index contributed by atoms with van der Waals surface area (Å²) >= 11 is 0. The average molecular weight is 762 g/mol. The molecule has 0 aliphatic carbocycles. The number of piperazine rings is 4. The highest BCUT2D eigenvalue weighted by molar-refractivity contribution is 6.08. The van der Waals surface area contributed by atoms with E-state index in [2.05, 4.69) is 31.9 Å². The van der Waals surface area contributed by atoms with Crippen molar-refractivity contribution in [2.24, 2.45) is 0 Å². The minimum absolute atomic E-state index is 0.00175. The second-order valence-corrected chi connectivity index (χ2v) is 16.3. The Hall–Kier alpha value is -5.79. The molecule has 0 saturated carbocycles. The van der Waals surface area contributed by atoms with Crippen molar-refractivity contribution in [3.8, 4) is 5.75 Å². The molecule has 1 aromatic rings. The topological polar surface area (TPSA) is 276 Å². The maximum absolute atomic E-state index is 14.5. The van der Waals surface area contributed by atoms with Crippen molar-refractivity contribution < 1.29 is 53.4 Å². The van der Waals surface area contributed by atoms with E-state index in [1.54, 1.807) is 12.1 Å². The quantitative estimate of drug-likeness (QED) is 0.144. The van der Waals surface area contributed by atoms with Gasteiger partial charge in [0.15, 0.2) is 0 Å². The number of fused-ring (bicyclic) bond motifs is 3. The van der Waals surface area contributed by atoms with Gasteiger partial charge in [0, 0.05) is 25.8 Å². The maximum Gasteiger partial charge on any atom is 0.320 e. The highest BCUT2D eigenvalue weighted by Gasteiger charge is 2.67. The second kappa shape index (κ2) is 11.6. The standard InChI is InChI=1S/C35H39N9O11/c45-17-3-1-16(2-4-17)9-18-23(46)38-32(28(52)37-18)7-5-20-25(48)41-35(31(55)42(20)13-32)11-22-26(49)39-33(29(53)44(22)15-35)8-6-21-24(47)40-34(30(54)43(21)14-33)10-19(27(50)51)36-12-34/h1-4,18-22,36,45H,5-15H2,(H,37,52)(H,38,46)(H,39,49)(H,40,47)(H,41,48)(H,50,51)/t18-,19-,20-,21-,22-,32-,33-,34-,35-/m0/s1. The van der Waals surface area contributed by atoms with E-state index in [0.29, 0.717) is 5.56 Å². The number of hydrogen-bond donors (Lipinski definition) is 8. The number of piperidine rings is 2. The lowest BCUT2D eigenvalue weighted by atomic mass is 9.78. The Bertz CT molecular complexity index is 2010. The average Bonchev–Trinajstić information content (AvgIpc) is 3.76. The Morgan fingerprint density at radius 3 is 1.82 bits per heavy atom. The summed E-state index contributed by atoms with van der Waals surface area (Å²) in [5.74, 6) is -5.51. The molecule has 20 nitrogen and oxygen atoms in total. The van der Waals surface area contributed by atoms with Gasteiger partial charge in [-0.1, -0.05) is 12.1 Å². The number of carbonyl (C=O) groups excluding carboxylic acids is 8. The molecule has 8 amide bonds. The van der Waals surface area contributed by atoms with Crippen LogP contribution in [0, 0.1) is 0 Å². The van der Waals surface area contributed by atoms with Gasteiger partial charge in [-0.05, 0) is 43.4 Å². The predicted molar refractivity (Wildman–Crippen MR) is 181 cm³/mol. The number of carboxylic acid groups (broad SMARTS) is 1. The molecule has 0 aromatic heterocycles. The maximum atomic E-state index is 14.5. The number of phenols is 1. The van der Waals surface area contributed by atoms with Crippen molar-refractivity contribution in [2.45, 2.75) is 97.3 Å². The van der Waals surface area contributed by atoms with Crippen LogP contribution in [0.5, 0.6) is 5.75 Å². The monoisotopic (exact) mass is 761 g/mol. The second-order valence-electron chi connectivity index (χ2n) is 16.3. The summed E-state index contributed by atoms with van der Waals surface area (Å²) in [5, 5.41) is 35.8. The number of benzene rings is 1. The molecule has 8 aliphatic rings. The molecule has 55 heavy (non-hydrogen) atoms. The van der Waals surface area contributed by atoms with E-state index in [-0.39, 0.29) is 76.9 Å². The van der Waals surface area contributed by atoms with Gasteiger partial charge in [0.1, 0.15) is 58.1 Å². The summed E-state index contributed by atoms with van der Waals surface area (Å²) in [6.45, 7) is -1.17. The third-order valence-electron chi connectivity index (χ3n) is 13.0. The third kappa shape index (κ3) is 5.02. The number of carbonyl (C=O) groups is 9. The SMILES string of the molecule is O=C(O)[C@@H]1C[C@@]2(CN1)NC(=O)[C@@H]1CC[C@@]3(CN1C2=O)NC(=O)[C@@H]1C[C@@]2(CN1C3=O)NC(=O)[C@@H]1CC[C@@]3(CN1C2=O)NC(=O)[C@H](Cc1ccc(O)cc1)NC3=O. The number of carboxylic acids is 1. The first-order chi connectivity index (χ1) is 26.1. The van der Waals surface area contributed by atoms with Crippen LogP contribution in [0.3, 0.4) is 0 Å². The Labute approximate surface area is 312 Å². The number of rotatable bonds is 3. The summed E-state index contributed by atoms with van der Waals surface area (Å²) in [6, 6.07) is 1.16. The molecule has 1 aromatic carbocycles. The fraction of sp³-hybridized carbons (Fsp3) is 0.571. The van der Waals surface area contributed by atoms with Crippen LogP contribution in [0.4, 0.5) is 0 Å². The van der Waals surface area contributed by atoms with Gasteiger partial charge in [0.2, 0.25) is 29.5 Å². The number of amides is 8. The van der Waals surface area contributed by atoms with E-state index in [4.69, 9.17) is 0 Å². The minimum atomic E-state index is -1.73. The van der Waals surface area contributed by atoms with Crippen LogP contribution in [0.1, 0.15) is 44.1 Å². The van der Waals surface area contributed by atoms with Gasteiger partial charge >= 0.3 is 5.97 Å². The molecule has 0 unspecified atom stereocenters. The first-order valence-electron chi connectivity index (χ1n) is 18.3. The molecular formula is C35H39N9O11. The highest BCUT2D eigenvalue weighted by atomic mass is 16.4. The van der Waals surface area contributed by atoms with Crippen molar-refractivity contribution >= 4 is 53.2 Å².